The van der Waals surface area contributed by atoms with Gasteiger partial charge in [0.2, 0.25) is 0 Å². The van der Waals surface area contributed by atoms with E-state index in [1.54, 1.807) is 30.3 Å². The van der Waals surface area contributed by atoms with Crippen molar-refractivity contribution in [2.45, 2.75) is 38.2 Å². The van der Waals surface area contributed by atoms with Crippen molar-refractivity contribution < 1.29 is 19.1 Å². The fourth-order valence-corrected chi connectivity index (χ4v) is 4.61. The predicted molar refractivity (Wildman–Crippen MR) is 115 cm³/mol. The van der Waals surface area contributed by atoms with E-state index in [0.717, 1.165) is 30.2 Å². The lowest BCUT2D eigenvalue weighted by molar-refractivity contribution is 0.0211. The number of nitrogens with one attached hydrogen (secondary N) is 1. The van der Waals surface area contributed by atoms with Crippen LogP contribution in [0.5, 0.6) is 5.75 Å². The lowest BCUT2D eigenvalue weighted by Crippen LogP contribution is -2.21. The third kappa shape index (κ3) is 5.14. The number of carbonyl (C=O) groups excluding carboxylic acids is 2. The molecule has 2 aromatic carbocycles. The van der Waals surface area contributed by atoms with E-state index in [0.29, 0.717) is 27.0 Å². The molecule has 1 amide bonds. The summed E-state index contributed by atoms with van der Waals surface area (Å²) >= 11 is 6.77. The molecule has 1 N–H and O–H groups in total. The maximum atomic E-state index is 12.7. The summed E-state index contributed by atoms with van der Waals surface area (Å²) < 4.78 is 12.3. The quantitative estimate of drug-likeness (QED) is 0.504. The van der Waals surface area contributed by atoms with E-state index < -0.39 is 0 Å². The molecule has 0 radical (unpaired) electrons. The third-order valence-corrected chi connectivity index (χ3v) is 5.71. The highest BCUT2D eigenvalue weighted by atomic mass is 79.9. The fourth-order valence-electron chi connectivity index (χ4n) is 3.23. The van der Waals surface area contributed by atoms with E-state index in [1.165, 1.54) is 13.5 Å². The number of amides is 1. The Hall–Kier alpha value is -1.86. The van der Waals surface area contributed by atoms with Crippen molar-refractivity contribution in [3.05, 3.63) is 56.5 Å². The first-order valence-electron chi connectivity index (χ1n) is 9.13. The zero-order chi connectivity index (χ0) is 20.1. The van der Waals surface area contributed by atoms with Crippen molar-refractivity contribution >= 4 is 49.4 Å². The second-order valence-corrected chi connectivity index (χ2v) is 8.44. The summed E-state index contributed by atoms with van der Waals surface area (Å²) in [6, 6.07) is 10.2. The molecular weight excluding hydrogens is 490 g/mol. The van der Waals surface area contributed by atoms with E-state index >= 15 is 0 Å². The third-order valence-electron chi connectivity index (χ3n) is 4.66. The van der Waals surface area contributed by atoms with Crippen LogP contribution < -0.4 is 10.1 Å². The van der Waals surface area contributed by atoms with Crippen LogP contribution in [0.4, 0.5) is 5.69 Å². The molecule has 1 aliphatic rings. The van der Waals surface area contributed by atoms with Crippen LogP contribution in [0, 0.1) is 0 Å². The first-order chi connectivity index (χ1) is 13.5. The molecule has 28 heavy (non-hydrogen) atoms. The summed E-state index contributed by atoms with van der Waals surface area (Å²) in [5, 5.41) is 2.82. The van der Waals surface area contributed by atoms with E-state index in [9.17, 15) is 9.59 Å². The van der Waals surface area contributed by atoms with Crippen LogP contribution in [0.1, 0.15) is 52.8 Å². The molecule has 1 aliphatic carbocycles. The first kappa shape index (κ1) is 20.9. The Bertz CT molecular complexity index is 861. The summed E-state index contributed by atoms with van der Waals surface area (Å²) in [5.74, 6) is -0.174. The van der Waals surface area contributed by atoms with Gasteiger partial charge < -0.3 is 14.8 Å². The van der Waals surface area contributed by atoms with Crippen LogP contribution in [0.3, 0.4) is 0 Å². The molecule has 1 fully saturated rings. The zero-order valence-corrected chi connectivity index (χ0v) is 18.6. The van der Waals surface area contributed by atoms with Gasteiger partial charge in [-0.15, -0.1) is 0 Å². The van der Waals surface area contributed by atoms with Gasteiger partial charge in [0.25, 0.3) is 5.91 Å². The summed E-state index contributed by atoms with van der Waals surface area (Å²) in [7, 11) is 1.51. The minimum absolute atomic E-state index is 0.0167. The number of hydrogen-bond donors (Lipinski definition) is 1. The molecule has 0 atom stereocenters. The Morgan fingerprint density at radius 2 is 1.71 bits per heavy atom. The Morgan fingerprint density at radius 3 is 2.36 bits per heavy atom. The maximum Gasteiger partial charge on any atom is 0.338 e. The number of halogens is 2. The molecule has 0 bridgehead atoms. The topological polar surface area (TPSA) is 64.6 Å². The summed E-state index contributed by atoms with van der Waals surface area (Å²) in [5.41, 5.74) is 1.45. The molecular formula is C21H21Br2NO4. The SMILES string of the molecule is COc1c(Br)cc(Br)cc1C(=O)Nc1ccc(C(=O)OC2CCCCC2)cc1. The number of carbonyl (C=O) groups is 2. The molecule has 0 aliphatic heterocycles. The van der Waals surface area contributed by atoms with Gasteiger partial charge in [-0.05, 0) is 78.0 Å². The number of benzene rings is 2. The first-order valence-corrected chi connectivity index (χ1v) is 10.7. The molecule has 0 aromatic heterocycles. The van der Waals surface area contributed by atoms with Gasteiger partial charge in [0.15, 0.2) is 0 Å². The smallest absolute Gasteiger partial charge is 0.338 e. The molecule has 7 heteroatoms. The highest BCUT2D eigenvalue weighted by molar-refractivity contribution is 9.11. The van der Waals surface area contributed by atoms with Crippen LogP contribution in [0.2, 0.25) is 0 Å². The van der Waals surface area contributed by atoms with Gasteiger partial charge in [-0.3, -0.25) is 4.79 Å². The van der Waals surface area contributed by atoms with Crippen molar-refractivity contribution in [2.75, 3.05) is 12.4 Å². The normalized spacial score (nSPS) is 14.4. The van der Waals surface area contributed by atoms with E-state index in [2.05, 4.69) is 37.2 Å². The number of anilines is 1. The van der Waals surface area contributed by atoms with Gasteiger partial charge in [-0.2, -0.15) is 0 Å². The Morgan fingerprint density at radius 1 is 1.04 bits per heavy atom. The highest BCUT2D eigenvalue weighted by Gasteiger charge is 2.19. The molecule has 148 valence electrons. The Labute approximate surface area is 181 Å². The minimum atomic E-state index is -0.317. The van der Waals surface area contributed by atoms with Crippen molar-refractivity contribution in [1.29, 1.82) is 0 Å². The number of methoxy groups -OCH3 is 1. The second-order valence-electron chi connectivity index (χ2n) is 6.67. The van der Waals surface area contributed by atoms with Crippen LogP contribution in [0.25, 0.3) is 0 Å². The van der Waals surface area contributed by atoms with Gasteiger partial charge in [0.05, 0.1) is 22.7 Å². The molecule has 0 heterocycles. The fraction of sp³-hybridized carbons (Fsp3) is 0.333. The predicted octanol–water partition coefficient (Wildman–Crippen LogP) is 5.96. The van der Waals surface area contributed by atoms with Crippen molar-refractivity contribution in [1.82, 2.24) is 0 Å². The lowest BCUT2D eigenvalue weighted by Gasteiger charge is -2.21. The molecule has 2 aromatic rings. The van der Waals surface area contributed by atoms with E-state index in [-0.39, 0.29) is 18.0 Å². The average Bonchev–Trinajstić information content (AvgIpc) is 2.68. The summed E-state index contributed by atoms with van der Waals surface area (Å²) in [6.07, 6.45) is 5.31. The van der Waals surface area contributed by atoms with Gasteiger partial charge in [0, 0.05) is 10.2 Å². The second kappa shape index (κ2) is 9.56. The molecule has 0 spiro atoms. The number of esters is 1. The van der Waals surface area contributed by atoms with Crippen LogP contribution in [-0.2, 0) is 4.74 Å². The average molecular weight is 511 g/mol. The van der Waals surface area contributed by atoms with E-state index in [1.807, 2.05) is 6.07 Å². The van der Waals surface area contributed by atoms with Crippen LogP contribution >= 0.6 is 31.9 Å². The maximum absolute atomic E-state index is 12.7. The van der Waals surface area contributed by atoms with Gasteiger partial charge >= 0.3 is 5.97 Å². The van der Waals surface area contributed by atoms with Crippen molar-refractivity contribution in [3.8, 4) is 5.75 Å². The minimum Gasteiger partial charge on any atom is -0.495 e. The largest absolute Gasteiger partial charge is 0.495 e. The summed E-state index contributed by atoms with van der Waals surface area (Å²) in [4.78, 5) is 24.9. The monoisotopic (exact) mass is 509 g/mol. The van der Waals surface area contributed by atoms with Crippen LogP contribution in [-0.4, -0.2) is 25.1 Å². The van der Waals surface area contributed by atoms with E-state index in [4.69, 9.17) is 9.47 Å². The molecule has 0 unspecified atom stereocenters. The summed E-state index contributed by atoms with van der Waals surface area (Å²) in [6.45, 7) is 0. The number of rotatable bonds is 5. The Kier molecular flexibility index (Phi) is 7.13. The highest BCUT2D eigenvalue weighted by Crippen LogP contribution is 2.33. The number of ether oxygens (including phenoxy) is 2. The molecule has 0 saturated heterocycles. The number of hydrogen-bond acceptors (Lipinski definition) is 4. The van der Waals surface area contributed by atoms with Gasteiger partial charge in [0.1, 0.15) is 11.9 Å². The van der Waals surface area contributed by atoms with Crippen LogP contribution in [0.15, 0.2) is 45.3 Å². The molecule has 1 saturated carbocycles. The van der Waals surface area contributed by atoms with Gasteiger partial charge in [-0.25, -0.2) is 4.79 Å². The molecule has 3 rings (SSSR count). The van der Waals surface area contributed by atoms with Crippen molar-refractivity contribution in [2.24, 2.45) is 0 Å². The standard InChI is InChI=1S/C21H21Br2NO4/c1-27-19-17(11-14(22)12-18(19)23)20(25)24-15-9-7-13(8-10-15)21(26)28-16-5-3-2-4-6-16/h7-12,16H,2-6H2,1H3,(H,24,25). The zero-order valence-electron chi connectivity index (χ0n) is 15.5. The van der Waals surface area contributed by atoms with Crippen molar-refractivity contribution in [3.63, 3.8) is 0 Å². The lowest BCUT2D eigenvalue weighted by atomic mass is 9.98. The van der Waals surface area contributed by atoms with Gasteiger partial charge in [-0.1, -0.05) is 22.4 Å². The molecule has 5 nitrogen and oxygen atoms in total. The Balaban J connectivity index is 1.67.